The Labute approximate surface area is 84.5 Å². The Bertz CT molecular complexity index is 204. The zero-order valence-corrected chi connectivity index (χ0v) is 8.82. The SMILES string of the molecule is CCCCC(C(=O)O)C(C)C(=O)CN. The molecule has 0 fully saturated rings. The van der Waals surface area contributed by atoms with Gasteiger partial charge in [0.15, 0.2) is 0 Å². The molecule has 0 amide bonds. The molecular weight excluding hydrogens is 182 g/mol. The second-order valence-corrected chi connectivity index (χ2v) is 3.55. The molecule has 14 heavy (non-hydrogen) atoms. The third kappa shape index (κ3) is 3.87. The summed E-state index contributed by atoms with van der Waals surface area (Å²) in [5.74, 6) is -2.11. The molecule has 0 aliphatic heterocycles. The van der Waals surface area contributed by atoms with Crippen molar-refractivity contribution in [2.45, 2.75) is 33.1 Å². The maximum Gasteiger partial charge on any atom is 0.307 e. The predicted molar refractivity (Wildman–Crippen MR) is 53.9 cm³/mol. The van der Waals surface area contributed by atoms with Gasteiger partial charge in [-0.15, -0.1) is 0 Å². The molecule has 0 aromatic carbocycles. The highest BCUT2D eigenvalue weighted by Crippen LogP contribution is 2.19. The number of carbonyl (C=O) groups is 2. The molecule has 0 radical (unpaired) electrons. The molecule has 2 atom stereocenters. The first-order chi connectivity index (χ1) is 6.54. The van der Waals surface area contributed by atoms with E-state index in [1.165, 1.54) is 0 Å². The summed E-state index contributed by atoms with van der Waals surface area (Å²) in [7, 11) is 0. The molecule has 0 saturated heterocycles. The van der Waals surface area contributed by atoms with Gasteiger partial charge in [-0.05, 0) is 6.42 Å². The van der Waals surface area contributed by atoms with Gasteiger partial charge in [0.25, 0.3) is 0 Å². The number of aliphatic carboxylic acids is 1. The van der Waals surface area contributed by atoms with E-state index in [2.05, 4.69) is 0 Å². The fraction of sp³-hybridized carbons (Fsp3) is 0.800. The van der Waals surface area contributed by atoms with Crippen LogP contribution in [0.3, 0.4) is 0 Å². The van der Waals surface area contributed by atoms with Gasteiger partial charge in [0.1, 0.15) is 5.78 Å². The van der Waals surface area contributed by atoms with Crippen LogP contribution in [0.15, 0.2) is 0 Å². The molecule has 0 heterocycles. The predicted octanol–water partition coefficient (Wildman–Crippen LogP) is 1.04. The van der Waals surface area contributed by atoms with Crippen molar-refractivity contribution in [1.29, 1.82) is 0 Å². The molecule has 0 aliphatic rings. The second-order valence-electron chi connectivity index (χ2n) is 3.55. The van der Waals surface area contributed by atoms with Gasteiger partial charge in [-0.2, -0.15) is 0 Å². The van der Waals surface area contributed by atoms with Gasteiger partial charge in [0, 0.05) is 5.92 Å². The minimum absolute atomic E-state index is 0.0723. The highest BCUT2D eigenvalue weighted by Gasteiger charge is 2.28. The Morgan fingerprint density at radius 2 is 2.00 bits per heavy atom. The molecule has 0 spiro atoms. The molecule has 4 heteroatoms. The quantitative estimate of drug-likeness (QED) is 0.645. The van der Waals surface area contributed by atoms with Crippen LogP contribution in [0.4, 0.5) is 0 Å². The standard InChI is InChI=1S/C10H19NO3/c1-3-4-5-8(10(13)14)7(2)9(12)6-11/h7-8H,3-6,11H2,1-2H3,(H,13,14). The fourth-order valence-corrected chi connectivity index (χ4v) is 1.42. The van der Waals surface area contributed by atoms with E-state index < -0.39 is 17.8 Å². The summed E-state index contributed by atoms with van der Waals surface area (Å²) >= 11 is 0. The van der Waals surface area contributed by atoms with Crippen molar-refractivity contribution in [3.05, 3.63) is 0 Å². The number of unbranched alkanes of at least 4 members (excludes halogenated alkanes) is 1. The molecular formula is C10H19NO3. The van der Waals surface area contributed by atoms with E-state index in [0.717, 1.165) is 12.8 Å². The van der Waals surface area contributed by atoms with Gasteiger partial charge in [-0.1, -0.05) is 26.7 Å². The number of hydrogen-bond acceptors (Lipinski definition) is 3. The Morgan fingerprint density at radius 1 is 1.43 bits per heavy atom. The van der Waals surface area contributed by atoms with E-state index in [4.69, 9.17) is 10.8 Å². The summed E-state index contributed by atoms with van der Waals surface area (Å²) < 4.78 is 0. The number of nitrogens with two attached hydrogens (primary N) is 1. The lowest BCUT2D eigenvalue weighted by molar-refractivity contribution is -0.146. The highest BCUT2D eigenvalue weighted by molar-refractivity contribution is 5.87. The van der Waals surface area contributed by atoms with Crippen molar-refractivity contribution in [3.63, 3.8) is 0 Å². The van der Waals surface area contributed by atoms with Gasteiger partial charge < -0.3 is 10.8 Å². The van der Waals surface area contributed by atoms with Crippen molar-refractivity contribution in [2.24, 2.45) is 17.6 Å². The molecule has 0 aromatic heterocycles. The van der Waals surface area contributed by atoms with E-state index in [9.17, 15) is 9.59 Å². The number of carboxylic acids is 1. The largest absolute Gasteiger partial charge is 0.481 e. The molecule has 0 bridgehead atoms. The smallest absolute Gasteiger partial charge is 0.307 e. The first-order valence-corrected chi connectivity index (χ1v) is 5.00. The molecule has 4 nitrogen and oxygen atoms in total. The van der Waals surface area contributed by atoms with Crippen LogP contribution in [-0.4, -0.2) is 23.4 Å². The second kappa shape index (κ2) is 6.54. The molecule has 0 rings (SSSR count). The molecule has 2 unspecified atom stereocenters. The Morgan fingerprint density at radius 3 is 2.36 bits per heavy atom. The molecule has 0 aromatic rings. The number of ketones is 1. The Balaban J connectivity index is 4.32. The molecule has 0 aliphatic carbocycles. The van der Waals surface area contributed by atoms with E-state index in [0.29, 0.717) is 6.42 Å². The Hall–Kier alpha value is -0.900. The average molecular weight is 201 g/mol. The van der Waals surface area contributed by atoms with E-state index in [-0.39, 0.29) is 12.3 Å². The summed E-state index contributed by atoms with van der Waals surface area (Å²) in [5, 5.41) is 8.92. The maximum absolute atomic E-state index is 11.2. The number of carbonyl (C=O) groups excluding carboxylic acids is 1. The summed E-state index contributed by atoms with van der Waals surface area (Å²) in [6.07, 6.45) is 2.32. The van der Waals surface area contributed by atoms with Crippen molar-refractivity contribution < 1.29 is 14.7 Å². The normalized spacial score (nSPS) is 14.8. The van der Waals surface area contributed by atoms with Crippen LogP contribution < -0.4 is 5.73 Å². The minimum Gasteiger partial charge on any atom is -0.481 e. The average Bonchev–Trinajstić information content (AvgIpc) is 2.16. The third-order valence-electron chi connectivity index (χ3n) is 2.50. The van der Waals surface area contributed by atoms with Crippen LogP contribution in [0, 0.1) is 11.8 Å². The maximum atomic E-state index is 11.2. The minimum atomic E-state index is -0.896. The van der Waals surface area contributed by atoms with Crippen molar-refractivity contribution in [1.82, 2.24) is 0 Å². The third-order valence-corrected chi connectivity index (χ3v) is 2.50. The zero-order chi connectivity index (χ0) is 11.1. The van der Waals surface area contributed by atoms with Gasteiger partial charge in [-0.3, -0.25) is 9.59 Å². The summed E-state index contributed by atoms with van der Waals surface area (Å²) in [6, 6.07) is 0. The Kier molecular flexibility index (Phi) is 6.12. The van der Waals surface area contributed by atoms with Crippen LogP contribution in [0.1, 0.15) is 33.1 Å². The molecule has 3 N–H and O–H groups in total. The monoisotopic (exact) mass is 201 g/mol. The number of hydrogen-bond donors (Lipinski definition) is 2. The summed E-state index contributed by atoms with van der Waals surface area (Å²) in [4.78, 5) is 22.1. The van der Waals surface area contributed by atoms with Crippen LogP contribution >= 0.6 is 0 Å². The number of rotatable bonds is 7. The van der Waals surface area contributed by atoms with Gasteiger partial charge in [0.05, 0.1) is 12.5 Å². The molecule has 0 saturated carbocycles. The summed E-state index contributed by atoms with van der Waals surface area (Å²) in [5.41, 5.74) is 5.20. The molecule has 82 valence electrons. The van der Waals surface area contributed by atoms with Gasteiger partial charge in [0.2, 0.25) is 0 Å². The number of Topliss-reactive ketones (excluding diaryl/α,β-unsaturated/α-hetero) is 1. The van der Waals surface area contributed by atoms with Crippen LogP contribution in [0.2, 0.25) is 0 Å². The van der Waals surface area contributed by atoms with Crippen molar-refractivity contribution in [3.8, 4) is 0 Å². The van der Waals surface area contributed by atoms with Crippen LogP contribution in [-0.2, 0) is 9.59 Å². The van der Waals surface area contributed by atoms with E-state index in [1.807, 2.05) is 6.92 Å². The van der Waals surface area contributed by atoms with E-state index >= 15 is 0 Å². The summed E-state index contributed by atoms with van der Waals surface area (Å²) in [6.45, 7) is 3.56. The van der Waals surface area contributed by atoms with Gasteiger partial charge >= 0.3 is 5.97 Å². The topological polar surface area (TPSA) is 80.4 Å². The van der Waals surface area contributed by atoms with Crippen LogP contribution in [0.25, 0.3) is 0 Å². The fourth-order valence-electron chi connectivity index (χ4n) is 1.42. The lowest BCUT2D eigenvalue weighted by Crippen LogP contribution is -2.31. The lowest BCUT2D eigenvalue weighted by atomic mass is 9.86. The highest BCUT2D eigenvalue weighted by atomic mass is 16.4. The first-order valence-electron chi connectivity index (χ1n) is 5.00. The lowest BCUT2D eigenvalue weighted by Gasteiger charge is -2.17. The van der Waals surface area contributed by atoms with Crippen molar-refractivity contribution >= 4 is 11.8 Å². The first kappa shape index (κ1) is 13.1. The van der Waals surface area contributed by atoms with Gasteiger partial charge in [-0.25, -0.2) is 0 Å². The van der Waals surface area contributed by atoms with Crippen LogP contribution in [0.5, 0.6) is 0 Å². The van der Waals surface area contributed by atoms with Crippen molar-refractivity contribution in [2.75, 3.05) is 6.54 Å². The number of carboxylic acid groups (broad SMARTS) is 1. The van der Waals surface area contributed by atoms with E-state index in [1.54, 1.807) is 6.92 Å². The zero-order valence-electron chi connectivity index (χ0n) is 8.82.